The Morgan fingerprint density at radius 3 is 2.57 bits per heavy atom. The predicted octanol–water partition coefficient (Wildman–Crippen LogP) is 5.96. The zero-order valence-corrected chi connectivity index (χ0v) is 28.6. The summed E-state index contributed by atoms with van der Waals surface area (Å²) in [5.41, 5.74) is 3.41. The van der Waals surface area contributed by atoms with Gasteiger partial charge >= 0.3 is 5.97 Å². The van der Waals surface area contributed by atoms with Gasteiger partial charge in [-0.15, -0.1) is 0 Å². The third-order valence-corrected chi connectivity index (χ3v) is 9.99. The van der Waals surface area contributed by atoms with Crippen molar-refractivity contribution >= 4 is 56.8 Å². The van der Waals surface area contributed by atoms with Gasteiger partial charge < -0.3 is 14.1 Å². The van der Waals surface area contributed by atoms with Crippen LogP contribution in [0.3, 0.4) is 0 Å². The van der Waals surface area contributed by atoms with Crippen molar-refractivity contribution in [2.24, 2.45) is 4.99 Å². The lowest BCUT2D eigenvalue weighted by Crippen LogP contribution is -2.40. The fourth-order valence-electron chi connectivity index (χ4n) is 5.15. The molecule has 1 atom stereocenters. The second-order valence-corrected chi connectivity index (χ2v) is 13.7. The molecule has 5 aromatic rings. The number of carbonyl (C=O) groups excluding carboxylic acids is 1. The fourth-order valence-corrected chi connectivity index (χ4v) is 7.49. The molecule has 0 aliphatic carbocycles. The third kappa shape index (κ3) is 6.37. The highest BCUT2D eigenvalue weighted by atomic mass is 79.9. The molecule has 0 spiro atoms. The van der Waals surface area contributed by atoms with E-state index in [9.17, 15) is 14.4 Å². The van der Waals surface area contributed by atoms with Gasteiger partial charge in [0.1, 0.15) is 5.76 Å². The van der Waals surface area contributed by atoms with Crippen LogP contribution in [0.15, 0.2) is 106 Å². The van der Waals surface area contributed by atoms with Gasteiger partial charge in [-0.25, -0.2) is 14.8 Å². The second kappa shape index (κ2) is 13.2. The van der Waals surface area contributed by atoms with Crippen LogP contribution in [0.4, 0.5) is 0 Å². The van der Waals surface area contributed by atoms with Crippen molar-refractivity contribution in [3.05, 3.63) is 135 Å². The number of benzene rings is 2. The molecule has 2 aromatic carbocycles. The average molecular weight is 718 g/mol. The van der Waals surface area contributed by atoms with Gasteiger partial charge in [-0.2, -0.15) is 0 Å². The van der Waals surface area contributed by atoms with Crippen LogP contribution in [0.25, 0.3) is 11.8 Å². The maximum atomic E-state index is 14.2. The normalized spacial score (nSPS) is 14.8. The summed E-state index contributed by atoms with van der Waals surface area (Å²) < 4.78 is 14.2. The van der Waals surface area contributed by atoms with Crippen LogP contribution >= 0.6 is 39.0 Å². The number of ether oxygens (including phenoxy) is 1. The Kier molecular flexibility index (Phi) is 9.12. The zero-order valence-electron chi connectivity index (χ0n) is 25.4. The molecule has 0 amide bonds. The molecule has 9 nitrogen and oxygen atoms in total. The molecular weight excluding hydrogens is 688 g/mol. The standard InChI is InChI=1S/C34H29BrN4O5S2/c1-5-43-31(42)27-28(21-9-7-6-8-10-21)38-34-39(29(27)22-13-11-20(12-14-22)18(2)3)30(41)25(45-34)17-23-16-24(35)32(44-23)46-33-36-19(4)15-26(40)37-33/h6-18,29H,5H2,1-4H3,(H,36,37,40)/b25-17+/t29-/m1/s1. The lowest BCUT2D eigenvalue weighted by atomic mass is 9.91. The van der Waals surface area contributed by atoms with Crippen molar-refractivity contribution in [1.29, 1.82) is 0 Å². The Labute approximate surface area is 280 Å². The quantitative estimate of drug-likeness (QED) is 0.156. The van der Waals surface area contributed by atoms with Gasteiger partial charge in [0.25, 0.3) is 11.1 Å². The minimum Gasteiger partial charge on any atom is -0.463 e. The van der Waals surface area contributed by atoms with Crippen molar-refractivity contribution in [3.8, 4) is 0 Å². The van der Waals surface area contributed by atoms with Gasteiger partial charge in [0, 0.05) is 23.4 Å². The molecule has 0 saturated carbocycles. The minimum absolute atomic E-state index is 0.174. The summed E-state index contributed by atoms with van der Waals surface area (Å²) in [5, 5.41) is 0.848. The molecule has 234 valence electrons. The molecule has 0 bridgehead atoms. The number of hydrogen-bond acceptors (Lipinski definition) is 9. The fraction of sp³-hybridized carbons (Fsp3) is 0.206. The van der Waals surface area contributed by atoms with Crippen molar-refractivity contribution in [2.75, 3.05) is 6.61 Å². The summed E-state index contributed by atoms with van der Waals surface area (Å²) in [7, 11) is 0. The first-order valence-corrected chi connectivity index (χ1v) is 17.0. The highest BCUT2D eigenvalue weighted by molar-refractivity contribution is 9.10. The SMILES string of the molecule is CCOC(=O)C1=C(c2ccccc2)N=c2s/c(=C/c3cc(Br)c(Sc4nc(C)cc(=O)[nH]4)o3)c(=O)n2[C@@H]1c1ccc(C(C)C)cc1. The predicted molar refractivity (Wildman–Crippen MR) is 182 cm³/mol. The van der Waals surface area contributed by atoms with Gasteiger partial charge in [-0.05, 0) is 64.7 Å². The number of aromatic nitrogens is 3. The van der Waals surface area contributed by atoms with E-state index in [2.05, 4.69) is 39.7 Å². The number of halogens is 1. The Morgan fingerprint density at radius 1 is 1.15 bits per heavy atom. The summed E-state index contributed by atoms with van der Waals surface area (Å²) in [6, 6.07) is 19.8. The number of rotatable bonds is 8. The van der Waals surface area contributed by atoms with E-state index in [1.165, 1.54) is 17.4 Å². The van der Waals surface area contributed by atoms with E-state index in [1.54, 1.807) is 30.6 Å². The smallest absolute Gasteiger partial charge is 0.338 e. The van der Waals surface area contributed by atoms with Gasteiger partial charge in [-0.1, -0.05) is 79.8 Å². The number of nitrogens with one attached hydrogen (secondary N) is 1. The first kappa shape index (κ1) is 31.7. The maximum absolute atomic E-state index is 14.2. The first-order valence-electron chi connectivity index (χ1n) is 14.6. The lowest BCUT2D eigenvalue weighted by molar-refractivity contribution is -0.138. The van der Waals surface area contributed by atoms with Crippen LogP contribution in [0.1, 0.15) is 60.9 Å². The number of carbonyl (C=O) groups is 1. The molecule has 0 unspecified atom stereocenters. The summed E-state index contributed by atoms with van der Waals surface area (Å²) >= 11 is 5.89. The van der Waals surface area contributed by atoms with E-state index in [0.29, 0.717) is 52.7 Å². The van der Waals surface area contributed by atoms with E-state index in [4.69, 9.17) is 14.1 Å². The number of furan rings is 1. The third-order valence-electron chi connectivity index (χ3n) is 7.28. The molecule has 1 aliphatic rings. The summed E-state index contributed by atoms with van der Waals surface area (Å²) in [4.78, 5) is 52.2. The lowest BCUT2D eigenvalue weighted by Gasteiger charge is -2.26. The van der Waals surface area contributed by atoms with E-state index < -0.39 is 12.0 Å². The largest absolute Gasteiger partial charge is 0.463 e. The molecule has 4 heterocycles. The molecule has 0 saturated heterocycles. The number of hydrogen-bond donors (Lipinski definition) is 1. The number of esters is 1. The monoisotopic (exact) mass is 716 g/mol. The van der Waals surface area contributed by atoms with Crippen molar-refractivity contribution in [2.45, 2.75) is 49.9 Å². The highest BCUT2D eigenvalue weighted by Crippen LogP contribution is 2.36. The van der Waals surface area contributed by atoms with Crippen LogP contribution in [0.5, 0.6) is 0 Å². The number of thiazole rings is 1. The molecule has 0 fully saturated rings. The van der Waals surface area contributed by atoms with Crippen LogP contribution in [0.2, 0.25) is 0 Å². The Bertz CT molecular complexity index is 2210. The first-order chi connectivity index (χ1) is 22.1. The number of aryl methyl sites for hydroxylation is 1. The minimum atomic E-state index is -0.771. The van der Waals surface area contributed by atoms with Gasteiger partial charge in [-0.3, -0.25) is 14.2 Å². The number of aromatic amines is 1. The van der Waals surface area contributed by atoms with E-state index in [0.717, 1.165) is 28.5 Å². The van der Waals surface area contributed by atoms with Crippen LogP contribution in [0, 0.1) is 6.92 Å². The Balaban J connectivity index is 1.52. The Hall–Kier alpha value is -4.26. The van der Waals surface area contributed by atoms with Crippen molar-refractivity contribution < 1.29 is 13.9 Å². The van der Waals surface area contributed by atoms with E-state index in [1.807, 2.05) is 54.6 Å². The maximum Gasteiger partial charge on any atom is 0.338 e. The number of fused-ring (bicyclic) bond motifs is 1. The zero-order chi connectivity index (χ0) is 32.5. The number of nitrogens with zero attached hydrogens (tertiary/aromatic N) is 3. The molecule has 3 aromatic heterocycles. The molecule has 12 heteroatoms. The number of H-pyrrole nitrogens is 1. The van der Waals surface area contributed by atoms with Gasteiger partial charge in [0.15, 0.2) is 15.1 Å². The van der Waals surface area contributed by atoms with Gasteiger partial charge in [0.2, 0.25) is 0 Å². The highest BCUT2D eigenvalue weighted by Gasteiger charge is 2.35. The molecule has 1 aliphatic heterocycles. The molecule has 1 N–H and O–H groups in total. The average Bonchev–Trinajstić information content (AvgIpc) is 3.53. The van der Waals surface area contributed by atoms with Crippen LogP contribution in [-0.4, -0.2) is 27.1 Å². The molecule has 0 radical (unpaired) electrons. The van der Waals surface area contributed by atoms with Gasteiger partial charge in [0.05, 0.1) is 32.9 Å². The molecule has 6 rings (SSSR count). The second-order valence-electron chi connectivity index (χ2n) is 10.8. The molecule has 46 heavy (non-hydrogen) atoms. The summed E-state index contributed by atoms with van der Waals surface area (Å²) in [5.74, 6) is 0.200. The van der Waals surface area contributed by atoms with E-state index >= 15 is 0 Å². The van der Waals surface area contributed by atoms with Crippen LogP contribution < -0.4 is 20.5 Å². The topological polar surface area (TPSA) is 120 Å². The summed E-state index contributed by atoms with van der Waals surface area (Å²) in [6.45, 7) is 7.90. The van der Waals surface area contributed by atoms with E-state index in [-0.39, 0.29) is 17.7 Å². The van der Waals surface area contributed by atoms with Crippen molar-refractivity contribution in [3.63, 3.8) is 0 Å². The molecular formula is C34H29BrN4O5S2. The van der Waals surface area contributed by atoms with Crippen molar-refractivity contribution in [1.82, 2.24) is 14.5 Å². The summed E-state index contributed by atoms with van der Waals surface area (Å²) in [6.07, 6.45) is 1.65. The Morgan fingerprint density at radius 2 is 1.89 bits per heavy atom. The van der Waals surface area contributed by atoms with Crippen LogP contribution in [-0.2, 0) is 9.53 Å².